The lowest BCUT2D eigenvalue weighted by Gasteiger charge is -2.18. The van der Waals surface area contributed by atoms with Gasteiger partial charge in [-0.05, 0) is 64.2 Å². The minimum absolute atomic E-state index is 0.0781. The van der Waals surface area contributed by atoms with Crippen LogP contribution in [0.1, 0.15) is 361 Å². The van der Waals surface area contributed by atoms with Gasteiger partial charge >= 0.3 is 17.9 Å². The zero-order valence-corrected chi connectivity index (χ0v) is 52.2. The monoisotopic (exact) mass is 1090 g/mol. The third-order valence-corrected chi connectivity index (χ3v) is 15.3. The Morgan fingerprint density at radius 3 is 0.782 bits per heavy atom. The fourth-order valence-electron chi connectivity index (χ4n) is 10.2. The van der Waals surface area contributed by atoms with Crippen molar-refractivity contribution >= 4 is 17.9 Å². The summed E-state index contributed by atoms with van der Waals surface area (Å²) in [5.74, 6) is -0.881. The highest BCUT2D eigenvalue weighted by atomic mass is 16.6. The Morgan fingerprint density at radius 1 is 0.269 bits per heavy atom. The first-order valence-electron chi connectivity index (χ1n) is 34.3. The predicted molar refractivity (Wildman–Crippen MR) is 339 cm³/mol. The van der Waals surface area contributed by atoms with Crippen LogP contribution in [0.5, 0.6) is 0 Å². The molecule has 0 saturated carbocycles. The van der Waals surface area contributed by atoms with Crippen molar-refractivity contribution in [2.75, 3.05) is 13.2 Å². The molecule has 454 valence electrons. The molecule has 0 bridgehead atoms. The van der Waals surface area contributed by atoms with E-state index in [1.807, 2.05) is 0 Å². The minimum Gasteiger partial charge on any atom is -0.462 e. The van der Waals surface area contributed by atoms with E-state index in [4.69, 9.17) is 14.2 Å². The van der Waals surface area contributed by atoms with Gasteiger partial charge in [-0.3, -0.25) is 14.4 Å². The molecule has 0 aromatic rings. The van der Waals surface area contributed by atoms with Gasteiger partial charge in [-0.25, -0.2) is 0 Å². The number of rotatable bonds is 63. The molecule has 6 nitrogen and oxygen atoms in total. The largest absolute Gasteiger partial charge is 0.462 e. The maximum atomic E-state index is 12.9. The van der Waals surface area contributed by atoms with E-state index in [0.29, 0.717) is 19.3 Å². The van der Waals surface area contributed by atoms with E-state index in [1.165, 1.54) is 212 Å². The second kappa shape index (κ2) is 66.6. The number of unbranched alkanes of at least 4 members (excludes halogenated alkanes) is 42. The number of hydrogen-bond donors (Lipinski definition) is 0. The van der Waals surface area contributed by atoms with Gasteiger partial charge in [0.05, 0.1) is 0 Å². The minimum atomic E-state index is -0.782. The van der Waals surface area contributed by atoms with Gasteiger partial charge in [-0.2, -0.15) is 0 Å². The average Bonchev–Trinajstić information content (AvgIpc) is 3.44. The molecule has 0 amide bonds. The van der Waals surface area contributed by atoms with E-state index in [9.17, 15) is 14.4 Å². The van der Waals surface area contributed by atoms with Crippen LogP contribution in [-0.4, -0.2) is 37.2 Å². The number of carbonyl (C=O) groups excluding carboxylic acids is 3. The fraction of sp³-hybridized carbons (Fsp3) is 0.819. The maximum Gasteiger partial charge on any atom is 0.306 e. The smallest absolute Gasteiger partial charge is 0.306 e. The van der Waals surface area contributed by atoms with Crippen LogP contribution in [0.4, 0.5) is 0 Å². The third kappa shape index (κ3) is 63.9. The van der Waals surface area contributed by atoms with Crippen molar-refractivity contribution in [3.63, 3.8) is 0 Å². The highest BCUT2D eigenvalue weighted by Gasteiger charge is 2.19. The molecule has 78 heavy (non-hydrogen) atoms. The Bertz CT molecular complexity index is 1390. The standard InChI is InChI=1S/C72H130O6/c1-4-7-10-13-16-19-21-23-25-27-29-31-32-33-34-35-36-37-38-39-41-42-44-46-48-50-53-56-59-62-65-71(74)77-68-69(67-76-70(73)64-61-58-55-52-18-15-12-9-6-3)78-72(75)66-63-60-57-54-51-49-47-45-43-40-30-28-26-24-22-20-17-14-11-8-5-2/h8,11,17,20,24,26,30,40,45,47,69H,4-7,9-10,12-16,18-19,21-23,25,27-29,31-39,41-44,46,48-68H2,1-3H3/b11-8-,20-17-,26-24-,40-30-,47-45-. The molecule has 0 aliphatic carbocycles. The van der Waals surface area contributed by atoms with E-state index in [2.05, 4.69) is 81.5 Å². The van der Waals surface area contributed by atoms with Crippen LogP contribution in [0.3, 0.4) is 0 Å². The first-order chi connectivity index (χ1) is 38.5. The second-order valence-electron chi connectivity index (χ2n) is 23.1. The van der Waals surface area contributed by atoms with Gasteiger partial charge < -0.3 is 14.2 Å². The summed E-state index contributed by atoms with van der Waals surface area (Å²) in [6.45, 7) is 6.54. The number of allylic oxidation sites excluding steroid dienone is 10. The van der Waals surface area contributed by atoms with Gasteiger partial charge in [0.1, 0.15) is 13.2 Å². The van der Waals surface area contributed by atoms with E-state index in [1.54, 1.807) is 0 Å². The molecule has 1 unspecified atom stereocenters. The molecule has 1 atom stereocenters. The van der Waals surface area contributed by atoms with Crippen molar-refractivity contribution in [3.05, 3.63) is 60.8 Å². The summed E-state index contributed by atoms with van der Waals surface area (Å²) in [6, 6.07) is 0. The highest BCUT2D eigenvalue weighted by Crippen LogP contribution is 2.18. The summed E-state index contributed by atoms with van der Waals surface area (Å²) in [6.07, 6.45) is 85.6. The molecule has 0 N–H and O–H groups in total. The van der Waals surface area contributed by atoms with Crippen molar-refractivity contribution < 1.29 is 28.6 Å². The normalized spacial score (nSPS) is 12.4. The van der Waals surface area contributed by atoms with Crippen LogP contribution >= 0.6 is 0 Å². The summed E-state index contributed by atoms with van der Waals surface area (Å²) in [7, 11) is 0. The molecule has 0 saturated heterocycles. The molecule has 0 rings (SSSR count). The zero-order chi connectivity index (χ0) is 56.4. The second-order valence-corrected chi connectivity index (χ2v) is 23.1. The lowest BCUT2D eigenvalue weighted by Crippen LogP contribution is -2.30. The van der Waals surface area contributed by atoms with Crippen molar-refractivity contribution in [3.8, 4) is 0 Å². The Labute approximate surface area is 485 Å². The van der Waals surface area contributed by atoms with Crippen LogP contribution < -0.4 is 0 Å². The Morgan fingerprint density at radius 2 is 0.500 bits per heavy atom. The van der Waals surface area contributed by atoms with Gasteiger partial charge in [0.15, 0.2) is 6.10 Å². The van der Waals surface area contributed by atoms with E-state index in [0.717, 1.165) is 109 Å². The highest BCUT2D eigenvalue weighted by molar-refractivity contribution is 5.71. The first kappa shape index (κ1) is 75.1. The topological polar surface area (TPSA) is 78.9 Å². The maximum absolute atomic E-state index is 12.9. The van der Waals surface area contributed by atoms with Crippen LogP contribution in [-0.2, 0) is 28.6 Å². The molecule has 0 aliphatic heterocycles. The fourth-order valence-corrected chi connectivity index (χ4v) is 10.2. The quantitative estimate of drug-likeness (QED) is 0.0261. The van der Waals surface area contributed by atoms with Crippen LogP contribution in [0, 0.1) is 0 Å². The average molecular weight is 1090 g/mol. The van der Waals surface area contributed by atoms with Gasteiger partial charge in [0.25, 0.3) is 0 Å². The predicted octanol–water partition coefficient (Wildman–Crippen LogP) is 23.5. The Balaban J connectivity index is 4.12. The zero-order valence-electron chi connectivity index (χ0n) is 52.2. The summed E-state index contributed by atoms with van der Waals surface area (Å²) in [4.78, 5) is 38.2. The van der Waals surface area contributed by atoms with Crippen LogP contribution in [0.2, 0.25) is 0 Å². The molecule has 0 fully saturated rings. The summed E-state index contributed by atoms with van der Waals surface area (Å²) < 4.78 is 16.9. The van der Waals surface area contributed by atoms with Crippen LogP contribution in [0.15, 0.2) is 60.8 Å². The third-order valence-electron chi connectivity index (χ3n) is 15.3. The molecule has 0 aromatic carbocycles. The summed E-state index contributed by atoms with van der Waals surface area (Å²) >= 11 is 0. The number of carbonyl (C=O) groups is 3. The molecule has 6 heteroatoms. The van der Waals surface area contributed by atoms with Crippen molar-refractivity contribution in [2.45, 2.75) is 367 Å². The molecular formula is C72H130O6. The van der Waals surface area contributed by atoms with Gasteiger partial charge in [0.2, 0.25) is 0 Å². The number of hydrogen-bond acceptors (Lipinski definition) is 6. The van der Waals surface area contributed by atoms with Crippen molar-refractivity contribution in [2.24, 2.45) is 0 Å². The van der Waals surface area contributed by atoms with Gasteiger partial charge in [0, 0.05) is 19.3 Å². The van der Waals surface area contributed by atoms with Crippen molar-refractivity contribution in [1.82, 2.24) is 0 Å². The summed E-state index contributed by atoms with van der Waals surface area (Å²) in [5, 5.41) is 0. The summed E-state index contributed by atoms with van der Waals surface area (Å²) in [5.41, 5.74) is 0. The van der Waals surface area contributed by atoms with Crippen LogP contribution in [0.25, 0.3) is 0 Å². The molecule has 0 radical (unpaired) electrons. The first-order valence-corrected chi connectivity index (χ1v) is 34.3. The lowest BCUT2D eigenvalue weighted by molar-refractivity contribution is -0.167. The van der Waals surface area contributed by atoms with E-state index in [-0.39, 0.29) is 31.1 Å². The number of esters is 3. The van der Waals surface area contributed by atoms with Crippen molar-refractivity contribution in [1.29, 1.82) is 0 Å². The Kier molecular flexibility index (Phi) is 64.2. The molecule has 0 aliphatic rings. The SMILES string of the molecule is CC/C=C\C/C=C\C/C=C\C/C=C\C/C=C\CCCCCCCC(=O)OC(COC(=O)CCCCCCCCCCC)COC(=O)CCCCCCCCCCCCCCCCCCCCCCCCCCCCCCCC. The molecular weight excluding hydrogens is 961 g/mol. The Hall–Kier alpha value is -2.89. The molecule has 0 heterocycles. The lowest BCUT2D eigenvalue weighted by atomic mass is 10.0. The molecule has 0 aromatic heterocycles. The van der Waals surface area contributed by atoms with E-state index < -0.39 is 6.10 Å². The number of ether oxygens (including phenoxy) is 3. The molecule has 0 spiro atoms. The van der Waals surface area contributed by atoms with Gasteiger partial charge in [-0.1, -0.05) is 338 Å². The van der Waals surface area contributed by atoms with E-state index >= 15 is 0 Å². The van der Waals surface area contributed by atoms with Gasteiger partial charge in [-0.15, -0.1) is 0 Å².